The van der Waals surface area contributed by atoms with E-state index in [2.05, 4.69) is 20.0 Å². The molecule has 0 unspecified atom stereocenters. The first-order valence-corrected chi connectivity index (χ1v) is 9.39. The van der Waals surface area contributed by atoms with Crippen molar-refractivity contribution in [3.63, 3.8) is 0 Å². The molecule has 0 aromatic rings. The molecule has 1 rings (SSSR count). The van der Waals surface area contributed by atoms with E-state index in [9.17, 15) is 0 Å². The molecule has 0 aliphatic heterocycles. The van der Waals surface area contributed by atoms with Crippen LogP contribution in [0.3, 0.4) is 0 Å². The first-order valence-electron chi connectivity index (χ1n) is 6.28. The highest BCUT2D eigenvalue weighted by Gasteiger charge is 2.24. The van der Waals surface area contributed by atoms with Gasteiger partial charge in [0.1, 0.15) is 0 Å². The maximum atomic E-state index is 5.86. The predicted octanol–water partition coefficient (Wildman–Crippen LogP) is 4.20. The van der Waals surface area contributed by atoms with Gasteiger partial charge in [0, 0.05) is 6.61 Å². The highest BCUT2D eigenvalue weighted by Crippen LogP contribution is 2.29. The molecule has 0 N–H and O–H groups in total. The molecule has 14 heavy (non-hydrogen) atoms. The zero-order valence-corrected chi connectivity index (χ0v) is 11.1. The maximum Gasteiger partial charge on any atom is 0.186 e. The van der Waals surface area contributed by atoms with Gasteiger partial charge in [0.15, 0.2) is 8.32 Å². The molecule has 0 aromatic heterocycles. The van der Waals surface area contributed by atoms with E-state index in [1.807, 2.05) is 0 Å². The summed E-state index contributed by atoms with van der Waals surface area (Å²) >= 11 is 0. The number of rotatable bonds is 5. The van der Waals surface area contributed by atoms with Gasteiger partial charge in [0.05, 0.1) is 0 Å². The second kappa shape index (κ2) is 5.91. The summed E-state index contributed by atoms with van der Waals surface area (Å²) in [5, 5.41) is 0. The average molecular weight is 214 g/mol. The van der Waals surface area contributed by atoms with Crippen molar-refractivity contribution < 1.29 is 4.43 Å². The van der Waals surface area contributed by atoms with E-state index < -0.39 is 8.32 Å². The minimum Gasteiger partial charge on any atom is -0.418 e. The summed E-state index contributed by atoms with van der Waals surface area (Å²) in [6.07, 6.45) is 8.82. The summed E-state index contributed by atoms with van der Waals surface area (Å²) in [7, 11) is -1.29. The van der Waals surface area contributed by atoms with Crippen molar-refractivity contribution in [3.8, 4) is 0 Å². The van der Waals surface area contributed by atoms with Crippen molar-refractivity contribution in [2.24, 2.45) is 5.92 Å². The average Bonchev–Trinajstić information content (AvgIpc) is 2.17. The van der Waals surface area contributed by atoms with Gasteiger partial charge >= 0.3 is 0 Å². The molecule has 1 aliphatic carbocycles. The van der Waals surface area contributed by atoms with Crippen LogP contribution in [0.1, 0.15) is 45.4 Å². The summed E-state index contributed by atoms with van der Waals surface area (Å²) in [4.78, 5) is 0. The molecular weight excluding hydrogens is 188 g/mol. The molecule has 1 aliphatic rings. The Balaban J connectivity index is 2.17. The summed E-state index contributed by atoms with van der Waals surface area (Å²) in [6.45, 7) is 7.75. The third kappa shape index (κ3) is 4.60. The summed E-state index contributed by atoms with van der Waals surface area (Å²) in [5.41, 5.74) is 0. The lowest BCUT2D eigenvalue weighted by Gasteiger charge is -2.27. The van der Waals surface area contributed by atoms with Gasteiger partial charge in [0.25, 0.3) is 0 Å². The molecule has 1 saturated carbocycles. The van der Waals surface area contributed by atoms with Crippen molar-refractivity contribution in [2.45, 2.75) is 64.6 Å². The van der Waals surface area contributed by atoms with Crippen molar-refractivity contribution in [1.29, 1.82) is 0 Å². The van der Waals surface area contributed by atoms with Crippen LogP contribution < -0.4 is 0 Å². The van der Waals surface area contributed by atoms with E-state index in [1.165, 1.54) is 44.6 Å². The number of hydrogen-bond acceptors (Lipinski definition) is 1. The topological polar surface area (TPSA) is 9.23 Å². The Morgan fingerprint density at radius 3 is 2.36 bits per heavy atom. The molecule has 0 bridgehead atoms. The standard InChI is InChI=1S/C12H26OSi/c1-4-13-14(2,3)11-10-12-8-6-5-7-9-12/h12H,4-11H2,1-3H3. The summed E-state index contributed by atoms with van der Waals surface area (Å²) in [5.74, 6) is 1.02. The van der Waals surface area contributed by atoms with Gasteiger partial charge in [-0.15, -0.1) is 0 Å². The van der Waals surface area contributed by atoms with E-state index in [0.29, 0.717) is 0 Å². The van der Waals surface area contributed by atoms with Gasteiger partial charge in [0.2, 0.25) is 0 Å². The summed E-state index contributed by atoms with van der Waals surface area (Å²) in [6, 6.07) is 1.37. The highest BCUT2D eigenvalue weighted by molar-refractivity contribution is 6.71. The van der Waals surface area contributed by atoms with Crippen LogP contribution in [0.15, 0.2) is 0 Å². The third-order valence-electron chi connectivity index (χ3n) is 3.41. The molecule has 0 radical (unpaired) electrons. The second-order valence-electron chi connectivity index (χ2n) is 5.24. The predicted molar refractivity (Wildman–Crippen MR) is 65.1 cm³/mol. The van der Waals surface area contributed by atoms with Crippen LogP contribution in [0.25, 0.3) is 0 Å². The lowest BCUT2D eigenvalue weighted by Crippen LogP contribution is -2.30. The number of hydrogen-bond donors (Lipinski definition) is 0. The molecule has 84 valence electrons. The van der Waals surface area contributed by atoms with Crippen molar-refractivity contribution in [1.82, 2.24) is 0 Å². The fourth-order valence-corrected chi connectivity index (χ4v) is 4.52. The SMILES string of the molecule is CCO[Si](C)(C)CCC1CCCCC1. The van der Waals surface area contributed by atoms with Crippen LogP contribution in [-0.2, 0) is 4.43 Å². The Kier molecular flexibility index (Phi) is 5.17. The minimum absolute atomic E-state index is 0.907. The van der Waals surface area contributed by atoms with Crippen molar-refractivity contribution in [2.75, 3.05) is 6.61 Å². The lowest BCUT2D eigenvalue weighted by molar-refractivity contribution is 0.311. The maximum absolute atomic E-state index is 5.86. The quantitative estimate of drug-likeness (QED) is 0.623. The zero-order valence-electron chi connectivity index (χ0n) is 10.1. The molecule has 0 aromatic carbocycles. The van der Waals surface area contributed by atoms with Crippen LogP contribution >= 0.6 is 0 Å². The van der Waals surface area contributed by atoms with Crippen LogP contribution in [0.4, 0.5) is 0 Å². The van der Waals surface area contributed by atoms with Gasteiger partial charge in [-0.1, -0.05) is 38.5 Å². The zero-order chi connectivity index (χ0) is 10.4. The smallest absolute Gasteiger partial charge is 0.186 e. The molecule has 0 saturated heterocycles. The Morgan fingerprint density at radius 1 is 1.14 bits per heavy atom. The first kappa shape index (κ1) is 12.2. The molecule has 0 amide bonds. The fourth-order valence-electron chi connectivity index (χ4n) is 2.49. The second-order valence-corrected chi connectivity index (χ2v) is 9.54. The van der Waals surface area contributed by atoms with Crippen LogP contribution in [-0.4, -0.2) is 14.9 Å². The van der Waals surface area contributed by atoms with Gasteiger partial charge in [-0.25, -0.2) is 0 Å². The third-order valence-corrected chi connectivity index (χ3v) is 5.98. The van der Waals surface area contributed by atoms with E-state index in [1.54, 1.807) is 0 Å². The minimum atomic E-state index is -1.29. The largest absolute Gasteiger partial charge is 0.418 e. The fraction of sp³-hybridized carbons (Fsp3) is 1.00. The molecule has 1 fully saturated rings. The van der Waals surface area contributed by atoms with Crippen LogP contribution in [0.5, 0.6) is 0 Å². The Labute approximate surface area is 90.4 Å². The van der Waals surface area contributed by atoms with Crippen molar-refractivity contribution in [3.05, 3.63) is 0 Å². The highest BCUT2D eigenvalue weighted by atomic mass is 28.4. The molecule has 0 heterocycles. The Hall–Kier alpha value is 0.177. The van der Waals surface area contributed by atoms with Crippen LogP contribution in [0, 0.1) is 5.92 Å². The lowest BCUT2D eigenvalue weighted by atomic mass is 9.88. The normalized spacial score (nSPS) is 19.9. The van der Waals surface area contributed by atoms with Gasteiger partial charge < -0.3 is 4.43 Å². The molecule has 2 heteroatoms. The summed E-state index contributed by atoms with van der Waals surface area (Å²) < 4.78 is 5.86. The van der Waals surface area contributed by atoms with Crippen LogP contribution in [0.2, 0.25) is 19.1 Å². The van der Waals surface area contributed by atoms with E-state index in [0.717, 1.165) is 12.5 Å². The Bertz CT molecular complexity index is 150. The molecular formula is C12H26OSi. The van der Waals surface area contributed by atoms with Gasteiger partial charge in [-0.3, -0.25) is 0 Å². The Morgan fingerprint density at radius 2 is 1.79 bits per heavy atom. The molecule has 1 nitrogen and oxygen atoms in total. The molecule has 0 spiro atoms. The monoisotopic (exact) mass is 214 g/mol. The van der Waals surface area contributed by atoms with Gasteiger partial charge in [-0.2, -0.15) is 0 Å². The van der Waals surface area contributed by atoms with E-state index in [-0.39, 0.29) is 0 Å². The van der Waals surface area contributed by atoms with Crippen molar-refractivity contribution >= 4 is 8.32 Å². The van der Waals surface area contributed by atoms with Gasteiger partial charge in [-0.05, 0) is 32.0 Å². The first-order chi connectivity index (χ1) is 6.64. The molecule has 0 atom stereocenters. The van der Waals surface area contributed by atoms with E-state index >= 15 is 0 Å². The van der Waals surface area contributed by atoms with E-state index in [4.69, 9.17) is 4.43 Å².